The van der Waals surface area contributed by atoms with Gasteiger partial charge in [0.2, 0.25) is 10.0 Å². The van der Waals surface area contributed by atoms with E-state index in [9.17, 15) is 8.42 Å². The van der Waals surface area contributed by atoms with Crippen LogP contribution < -0.4 is 4.72 Å². The first-order valence-electron chi connectivity index (χ1n) is 7.25. The molecule has 1 aromatic carbocycles. The second-order valence-corrected chi connectivity index (χ2v) is 7.02. The molecule has 112 valence electrons. The van der Waals surface area contributed by atoms with Crippen molar-refractivity contribution in [2.24, 2.45) is 0 Å². The van der Waals surface area contributed by atoms with Gasteiger partial charge < -0.3 is 0 Å². The molecule has 6 heteroatoms. The predicted molar refractivity (Wildman–Crippen MR) is 80.5 cm³/mol. The first-order chi connectivity index (χ1) is 10.2. The summed E-state index contributed by atoms with van der Waals surface area (Å²) < 4.78 is 28.8. The van der Waals surface area contributed by atoms with Crippen LogP contribution in [-0.4, -0.2) is 24.7 Å². The summed E-state index contributed by atoms with van der Waals surface area (Å²) in [7, 11) is -3.43. The van der Waals surface area contributed by atoms with Crippen molar-refractivity contribution in [3.05, 3.63) is 47.8 Å². The molecule has 0 saturated carbocycles. The fourth-order valence-electron chi connectivity index (χ4n) is 2.72. The SMILES string of the molecule is O=S(=O)(NCCn1ncc2c1CCCC2)c1ccccc1. The number of sulfonamides is 1. The lowest BCUT2D eigenvalue weighted by atomic mass is 9.98. The molecule has 3 rings (SSSR count). The van der Waals surface area contributed by atoms with Crippen LogP contribution in [0.1, 0.15) is 24.1 Å². The van der Waals surface area contributed by atoms with Gasteiger partial charge in [0.15, 0.2) is 0 Å². The van der Waals surface area contributed by atoms with E-state index in [1.807, 2.05) is 10.9 Å². The zero-order chi connectivity index (χ0) is 14.7. The highest BCUT2D eigenvalue weighted by atomic mass is 32.2. The number of fused-ring (bicyclic) bond motifs is 1. The summed E-state index contributed by atoms with van der Waals surface area (Å²) in [6, 6.07) is 8.43. The Labute approximate surface area is 125 Å². The standard InChI is InChI=1S/C15H19N3O2S/c19-21(20,14-7-2-1-3-8-14)17-10-11-18-15-9-5-4-6-13(15)12-16-18/h1-3,7-8,12,17H,4-6,9-11H2. The molecule has 0 spiro atoms. The topological polar surface area (TPSA) is 64.0 Å². The summed E-state index contributed by atoms with van der Waals surface area (Å²) in [5.74, 6) is 0. The van der Waals surface area contributed by atoms with Crippen LogP contribution in [0.4, 0.5) is 0 Å². The van der Waals surface area contributed by atoms with Gasteiger partial charge in [0.05, 0.1) is 17.6 Å². The molecule has 0 saturated heterocycles. The van der Waals surface area contributed by atoms with Gasteiger partial charge in [-0.15, -0.1) is 0 Å². The number of aryl methyl sites for hydroxylation is 1. The van der Waals surface area contributed by atoms with Gasteiger partial charge in [0, 0.05) is 12.2 Å². The first kappa shape index (κ1) is 14.3. The Morgan fingerprint density at radius 3 is 2.71 bits per heavy atom. The van der Waals surface area contributed by atoms with Gasteiger partial charge in [0.1, 0.15) is 0 Å². The van der Waals surface area contributed by atoms with Crippen LogP contribution in [0.25, 0.3) is 0 Å². The monoisotopic (exact) mass is 305 g/mol. The molecule has 0 fully saturated rings. The molecule has 1 aromatic heterocycles. The van der Waals surface area contributed by atoms with Crippen molar-refractivity contribution in [3.8, 4) is 0 Å². The van der Waals surface area contributed by atoms with Crippen molar-refractivity contribution >= 4 is 10.0 Å². The Morgan fingerprint density at radius 2 is 1.90 bits per heavy atom. The Morgan fingerprint density at radius 1 is 1.14 bits per heavy atom. The average Bonchev–Trinajstić information content (AvgIpc) is 2.92. The van der Waals surface area contributed by atoms with E-state index in [0.29, 0.717) is 18.0 Å². The molecule has 1 aliphatic rings. The molecule has 1 heterocycles. The van der Waals surface area contributed by atoms with Crippen LogP contribution >= 0.6 is 0 Å². The number of rotatable bonds is 5. The molecule has 0 bridgehead atoms. The van der Waals surface area contributed by atoms with Gasteiger partial charge in [-0.3, -0.25) is 4.68 Å². The Balaban J connectivity index is 1.63. The third-order valence-corrected chi connectivity index (χ3v) is 5.29. The van der Waals surface area contributed by atoms with Crippen LogP contribution in [0.3, 0.4) is 0 Å². The first-order valence-corrected chi connectivity index (χ1v) is 8.73. The lowest BCUT2D eigenvalue weighted by Gasteiger charge is -2.14. The molecule has 2 aromatic rings. The molecule has 0 radical (unpaired) electrons. The molecule has 1 N–H and O–H groups in total. The van der Waals surface area contributed by atoms with E-state index in [2.05, 4.69) is 9.82 Å². The van der Waals surface area contributed by atoms with E-state index in [1.165, 1.54) is 24.1 Å². The Bertz CT molecular complexity index is 708. The highest BCUT2D eigenvalue weighted by molar-refractivity contribution is 7.89. The van der Waals surface area contributed by atoms with E-state index in [-0.39, 0.29) is 0 Å². The largest absolute Gasteiger partial charge is 0.268 e. The van der Waals surface area contributed by atoms with E-state index in [1.54, 1.807) is 30.3 Å². The number of hydrogen-bond acceptors (Lipinski definition) is 3. The van der Waals surface area contributed by atoms with Gasteiger partial charge >= 0.3 is 0 Å². The zero-order valence-corrected chi connectivity index (χ0v) is 12.6. The van der Waals surface area contributed by atoms with Gasteiger partial charge in [0.25, 0.3) is 0 Å². The van der Waals surface area contributed by atoms with Crippen LogP contribution in [0.2, 0.25) is 0 Å². The minimum absolute atomic E-state index is 0.299. The molecule has 21 heavy (non-hydrogen) atoms. The maximum Gasteiger partial charge on any atom is 0.240 e. The summed E-state index contributed by atoms with van der Waals surface area (Å²) in [4.78, 5) is 0.299. The minimum Gasteiger partial charge on any atom is -0.268 e. The Kier molecular flexibility index (Phi) is 4.07. The molecule has 0 aliphatic heterocycles. The van der Waals surface area contributed by atoms with Crippen molar-refractivity contribution in [3.63, 3.8) is 0 Å². The highest BCUT2D eigenvalue weighted by Gasteiger charge is 2.16. The maximum atomic E-state index is 12.1. The molecule has 0 atom stereocenters. The Hall–Kier alpha value is -1.66. The van der Waals surface area contributed by atoms with Crippen LogP contribution in [0, 0.1) is 0 Å². The summed E-state index contributed by atoms with van der Waals surface area (Å²) in [5, 5.41) is 4.37. The quantitative estimate of drug-likeness (QED) is 0.915. The summed E-state index contributed by atoms with van der Waals surface area (Å²) >= 11 is 0. The van der Waals surface area contributed by atoms with E-state index < -0.39 is 10.0 Å². The van der Waals surface area contributed by atoms with Crippen molar-refractivity contribution in [2.75, 3.05) is 6.54 Å². The number of nitrogens with zero attached hydrogens (tertiary/aromatic N) is 2. The highest BCUT2D eigenvalue weighted by Crippen LogP contribution is 2.20. The normalized spacial score (nSPS) is 14.9. The van der Waals surface area contributed by atoms with Crippen LogP contribution in [-0.2, 0) is 29.4 Å². The van der Waals surface area contributed by atoms with Gasteiger partial charge in [-0.25, -0.2) is 13.1 Å². The molecule has 5 nitrogen and oxygen atoms in total. The van der Waals surface area contributed by atoms with Gasteiger partial charge in [-0.2, -0.15) is 5.10 Å². The number of nitrogens with one attached hydrogen (secondary N) is 1. The zero-order valence-electron chi connectivity index (χ0n) is 11.8. The maximum absolute atomic E-state index is 12.1. The van der Waals surface area contributed by atoms with Crippen molar-refractivity contribution in [2.45, 2.75) is 37.1 Å². The molecular weight excluding hydrogens is 286 g/mol. The summed E-state index contributed by atoms with van der Waals surface area (Å²) in [5.41, 5.74) is 2.58. The molecule has 1 aliphatic carbocycles. The summed E-state index contributed by atoms with van der Waals surface area (Å²) in [6.45, 7) is 0.923. The van der Waals surface area contributed by atoms with E-state index in [0.717, 1.165) is 12.8 Å². The second-order valence-electron chi connectivity index (χ2n) is 5.26. The fourth-order valence-corrected chi connectivity index (χ4v) is 3.76. The van der Waals surface area contributed by atoms with Gasteiger partial charge in [-0.05, 0) is 43.4 Å². The number of aromatic nitrogens is 2. The predicted octanol–water partition coefficient (Wildman–Crippen LogP) is 1.74. The van der Waals surface area contributed by atoms with Crippen molar-refractivity contribution < 1.29 is 8.42 Å². The molecule has 0 unspecified atom stereocenters. The van der Waals surface area contributed by atoms with Crippen LogP contribution in [0.15, 0.2) is 41.4 Å². The van der Waals surface area contributed by atoms with Crippen molar-refractivity contribution in [1.29, 1.82) is 0 Å². The van der Waals surface area contributed by atoms with Crippen LogP contribution in [0.5, 0.6) is 0 Å². The third kappa shape index (κ3) is 3.16. The minimum atomic E-state index is -3.43. The number of benzene rings is 1. The van der Waals surface area contributed by atoms with Gasteiger partial charge in [-0.1, -0.05) is 18.2 Å². The van der Waals surface area contributed by atoms with Crippen molar-refractivity contribution in [1.82, 2.24) is 14.5 Å². The number of hydrogen-bond donors (Lipinski definition) is 1. The fraction of sp³-hybridized carbons (Fsp3) is 0.400. The third-order valence-electron chi connectivity index (χ3n) is 3.81. The molecular formula is C15H19N3O2S. The lowest BCUT2D eigenvalue weighted by Crippen LogP contribution is -2.28. The molecule has 0 amide bonds. The van der Waals surface area contributed by atoms with E-state index in [4.69, 9.17) is 0 Å². The second kappa shape index (κ2) is 5.99. The van der Waals surface area contributed by atoms with E-state index >= 15 is 0 Å². The average molecular weight is 305 g/mol. The lowest BCUT2D eigenvalue weighted by molar-refractivity contribution is 0.538. The smallest absolute Gasteiger partial charge is 0.240 e. The summed E-state index contributed by atoms with van der Waals surface area (Å²) in [6.07, 6.45) is 6.46.